The van der Waals surface area contributed by atoms with Gasteiger partial charge in [0.15, 0.2) is 0 Å². The van der Waals surface area contributed by atoms with Crippen LogP contribution in [-0.4, -0.2) is 29.8 Å². The van der Waals surface area contributed by atoms with Crippen molar-refractivity contribution >= 4 is 5.78 Å². The predicted octanol–water partition coefficient (Wildman–Crippen LogP) is 1.06. The number of hydrogen-bond donors (Lipinski definition) is 0. The molecule has 1 unspecified atom stereocenters. The number of carbonyl (C=O) groups excluding carboxylic acids is 1. The van der Waals surface area contributed by atoms with Gasteiger partial charge in [0.2, 0.25) is 0 Å². The van der Waals surface area contributed by atoms with E-state index in [1.165, 1.54) is 32.2 Å². The number of rotatable bonds is 0. The van der Waals surface area contributed by atoms with Crippen LogP contribution in [0.15, 0.2) is 0 Å². The van der Waals surface area contributed by atoms with Crippen LogP contribution in [0.5, 0.6) is 0 Å². The number of nitrogens with zero attached hydrogens (tertiary/aromatic N) is 1. The van der Waals surface area contributed by atoms with E-state index in [2.05, 4.69) is 4.90 Å². The van der Waals surface area contributed by atoms with Gasteiger partial charge in [0.25, 0.3) is 0 Å². The highest BCUT2D eigenvalue weighted by molar-refractivity contribution is 5.85. The van der Waals surface area contributed by atoms with Gasteiger partial charge in [-0.1, -0.05) is 6.42 Å². The zero-order chi connectivity index (χ0) is 8.13. The largest absolute Gasteiger partial charge is 0.298 e. The minimum Gasteiger partial charge on any atom is -0.298 e. The standard InChI is InChI=1S/C10H15NO/c12-10-6-11-5-7-2-1-3-8(11)4-9(7)10/h7-9H,1-6H2/t7-,8+,9+/m0/s1. The first-order chi connectivity index (χ1) is 5.84. The van der Waals surface area contributed by atoms with Crippen molar-refractivity contribution in [3.63, 3.8) is 0 Å². The van der Waals surface area contributed by atoms with Crippen molar-refractivity contribution in [1.29, 1.82) is 0 Å². The zero-order valence-electron chi connectivity index (χ0n) is 7.33. The molecule has 5 aliphatic rings. The van der Waals surface area contributed by atoms with Crippen molar-refractivity contribution in [3.05, 3.63) is 0 Å². The third-order valence-corrected chi connectivity index (χ3v) is 3.97. The Kier molecular flexibility index (Phi) is 1.37. The molecule has 2 heteroatoms. The third-order valence-electron chi connectivity index (χ3n) is 3.97. The summed E-state index contributed by atoms with van der Waals surface area (Å²) in [7, 11) is 0. The fourth-order valence-corrected chi connectivity index (χ4v) is 3.33. The van der Waals surface area contributed by atoms with Gasteiger partial charge in [-0.25, -0.2) is 0 Å². The molecule has 66 valence electrons. The van der Waals surface area contributed by atoms with Gasteiger partial charge in [-0.05, 0) is 25.2 Å². The molecule has 4 atom stereocenters. The Morgan fingerprint density at radius 1 is 1.33 bits per heavy atom. The Morgan fingerprint density at radius 2 is 2.25 bits per heavy atom. The summed E-state index contributed by atoms with van der Waals surface area (Å²) in [6.07, 6.45) is 5.20. The SMILES string of the molecule is O=C1CN2C[C@@H]3CCC[C@@H]2C[C@@H]13. The first-order valence-electron chi connectivity index (χ1n) is 5.11. The van der Waals surface area contributed by atoms with E-state index in [1.54, 1.807) is 0 Å². The van der Waals surface area contributed by atoms with Gasteiger partial charge in [-0.2, -0.15) is 0 Å². The van der Waals surface area contributed by atoms with Crippen LogP contribution < -0.4 is 0 Å². The number of fused-ring (bicyclic) bond motifs is 3. The normalized spacial score (nSPS) is 51.2. The number of piperidine rings is 3. The van der Waals surface area contributed by atoms with Crippen molar-refractivity contribution in [3.8, 4) is 0 Å². The van der Waals surface area contributed by atoms with Gasteiger partial charge < -0.3 is 0 Å². The molecule has 1 aliphatic carbocycles. The molecule has 4 aliphatic heterocycles. The molecule has 0 N–H and O–H groups in total. The monoisotopic (exact) mass is 165 g/mol. The van der Waals surface area contributed by atoms with E-state index in [-0.39, 0.29) is 0 Å². The van der Waals surface area contributed by atoms with Crippen LogP contribution in [0.3, 0.4) is 0 Å². The predicted molar refractivity (Wildman–Crippen MR) is 45.8 cm³/mol. The van der Waals surface area contributed by atoms with Crippen LogP contribution in [0.4, 0.5) is 0 Å². The molecule has 0 aromatic rings. The van der Waals surface area contributed by atoms with Gasteiger partial charge in [0.05, 0.1) is 6.54 Å². The highest BCUT2D eigenvalue weighted by atomic mass is 16.1. The summed E-state index contributed by atoms with van der Waals surface area (Å²) in [6.45, 7) is 1.99. The average Bonchev–Trinajstić information content (AvgIpc) is 2.33. The van der Waals surface area contributed by atoms with E-state index in [0.717, 1.165) is 18.5 Å². The molecule has 0 radical (unpaired) electrons. The van der Waals surface area contributed by atoms with Crippen molar-refractivity contribution < 1.29 is 4.79 Å². The highest BCUT2D eigenvalue weighted by Crippen LogP contribution is 2.41. The lowest BCUT2D eigenvalue weighted by Gasteiger charge is -2.46. The summed E-state index contributed by atoms with van der Waals surface area (Å²) >= 11 is 0. The van der Waals surface area contributed by atoms with Gasteiger partial charge >= 0.3 is 0 Å². The molecule has 5 fully saturated rings. The summed E-state index contributed by atoms with van der Waals surface area (Å²) < 4.78 is 0. The second kappa shape index (κ2) is 2.32. The molecule has 2 nitrogen and oxygen atoms in total. The lowest BCUT2D eigenvalue weighted by Crippen LogP contribution is -2.56. The van der Waals surface area contributed by atoms with E-state index in [4.69, 9.17) is 0 Å². The Labute approximate surface area is 72.9 Å². The van der Waals surface area contributed by atoms with Crippen LogP contribution >= 0.6 is 0 Å². The molecule has 0 amide bonds. The molecule has 0 aromatic heterocycles. The Balaban J connectivity index is 1.97. The summed E-state index contributed by atoms with van der Waals surface area (Å²) in [5.41, 5.74) is 0. The van der Waals surface area contributed by atoms with E-state index in [1.807, 2.05) is 0 Å². The Bertz CT molecular complexity index is 226. The van der Waals surface area contributed by atoms with Crippen LogP contribution in [0.25, 0.3) is 0 Å². The van der Waals surface area contributed by atoms with Crippen LogP contribution in [-0.2, 0) is 4.79 Å². The number of carbonyl (C=O) groups is 1. The number of ketones is 1. The topological polar surface area (TPSA) is 20.3 Å². The van der Waals surface area contributed by atoms with Crippen LogP contribution in [0.2, 0.25) is 0 Å². The Morgan fingerprint density at radius 3 is 3.08 bits per heavy atom. The summed E-state index contributed by atoms with van der Waals surface area (Å²) in [5, 5.41) is 0. The lowest BCUT2D eigenvalue weighted by atomic mass is 9.76. The number of hydrogen-bond acceptors (Lipinski definition) is 2. The highest BCUT2D eigenvalue weighted by Gasteiger charge is 2.46. The fraction of sp³-hybridized carbons (Fsp3) is 0.900. The second-order valence-electron chi connectivity index (χ2n) is 4.58. The minimum absolute atomic E-state index is 0.461. The van der Waals surface area contributed by atoms with Crippen LogP contribution in [0, 0.1) is 11.8 Å². The third kappa shape index (κ3) is 0.817. The molecular weight excluding hydrogens is 150 g/mol. The summed E-state index contributed by atoms with van der Waals surface area (Å²) in [6, 6.07) is 0.770. The minimum atomic E-state index is 0.461. The number of Topliss-reactive ketones (excluding diaryl/α,β-unsaturated/α-hetero) is 1. The maximum absolute atomic E-state index is 11.6. The quantitative estimate of drug-likeness (QED) is 0.535. The molecule has 5 rings (SSSR count). The van der Waals surface area contributed by atoms with E-state index < -0.39 is 0 Å². The van der Waals surface area contributed by atoms with Gasteiger partial charge in [-0.15, -0.1) is 0 Å². The van der Waals surface area contributed by atoms with Gasteiger partial charge in [0, 0.05) is 18.5 Å². The van der Waals surface area contributed by atoms with Gasteiger partial charge in [-0.3, -0.25) is 9.69 Å². The molecule has 0 spiro atoms. The molecule has 4 heterocycles. The van der Waals surface area contributed by atoms with E-state index in [9.17, 15) is 4.79 Å². The lowest BCUT2D eigenvalue weighted by molar-refractivity contribution is -0.136. The van der Waals surface area contributed by atoms with Crippen molar-refractivity contribution in [2.75, 3.05) is 13.1 Å². The van der Waals surface area contributed by atoms with Crippen molar-refractivity contribution in [2.45, 2.75) is 31.7 Å². The van der Waals surface area contributed by atoms with Crippen molar-refractivity contribution in [1.82, 2.24) is 4.90 Å². The maximum Gasteiger partial charge on any atom is 0.150 e. The first-order valence-corrected chi connectivity index (χ1v) is 5.11. The molecule has 4 saturated heterocycles. The average molecular weight is 165 g/mol. The smallest absolute Gasteiger partial charge is 0.150 e. The van der Waals surface area contributed by atoms with Crippen LogP contribution in [0.1, 0.15) is 25.7 Å². The maximum atomic E-state index is 11.6. The first kappa shape index (κ1) is 7.07. The van der Waals surface area contributed by atoms with E-state index in [0.29, 0.717) is 11.7 Å². The van der Waals surface area contributed by atoms with Crippen molar-refractivity contribution in [2.24, 2.45) is 11.8 Å². The Hall–Kier alpha value is -0.370. The molecule has 1 saturated carbocycles. The summed E-state index contributed by atoms with van der Waals surface area (Å²) in [5.74, 6) is 1.72. The molecule has 0 aromatic carbocycles. The molecule has 12 heavy (non-hydrogen) atoms. The second-order valence-corrected chi connectivity index (χ2v) is 4.58. The van der Waals surface area contributed by atoms with Gasteiger partial charge in [0.1, 0.15) is 5.78 Å². The zero-order valence-corrected chi connectivity index (χ0v) is 7.33. The fourth-order valence-electron chi connectivity index (χ4n) is 3.33. The van der Waals surface area contributed by atoms with E-state index >= 15 is 0 Å². The molecular formula is C10H15NO. The molecule has 4 bridgehead atoms. The summed E-state index contributed by atoms with van der Waals surface area (Å²) in [4.78, 5) is 14.0.